The molecule has 0 amide bonds. The number of aromatic nitrogens is 2. The van der Waals surface area contributed by atoms with Crippen molar-refractivity contribution in [3.8, 4) is 0 Å². The van der Waals surface area contributed by atoms with Crippen LogP contribution in [0.1, 0.15) is 31.4 Å². The van der Waals surface area contributed by atoms with E-state index >= 15 is 0 Å². The van der Waals surface area contributed by atoms with Gasteiger partial charge in [0.2, 0.25) is 11.8 Å². The fourth-order valence-electron chi connectivity index (χ4n) is 2.64. The van der Waals surface area contributed by atoms with E-state index in [2.05, 4.69) is 20.7 Å². The van der Waals surface area contributed by atoms with Crippen LogP contribution in [0.5, 0.6) is 0 Å². The second-order valence-corrected chi connectivity index (χ2v) is 5.58. The normalized spacial score (nSPS) is 18.1. The van der Waals surface area contributed by atoms with E-state index in [1.165, 1.54) is 25.7 Å². The third kappa shape index (κ3) is 2.51. The highest BCUT2D eigenvalue weighted by molar-refractivity contribution is 5.61. The van der Waals surface area contributed by atoms with Crippen molar-refractivity contribution in [1.29, 1.82) is 0 Å². The molecule has 4 N–H and O–H groups in total. The van der Waals surface area contributed by atoms with Crippen LogP contribution in [0.2, 0.25) is 0 Å². The van der Waals surface area contributed by atoms with Crippen molar-refractivity contribution in [2.45, 2.75) is 38.6 Å². The van der Waals surface area contributed by atoms with Gasteiger partial charge in [-0.05, 0) is 44.4 Å². The highest BCUT2D eigenvalue weighted by Gasteiger charge is 2.42. The van der Waals surface area contributed by atoms with E-state index in [1.807, 2.05) is 0 Å². The van der Waals surface area contributed by atoms with Gasteiger partial charge in [-0.25, -0.2) is 10.8 Å². The Morgan fingerprint density at radius 3 is 2.35 bits per heavy atom. The topological polar surface area (TPSA) is 119 Å². The van der Waals surface area contributed by atoms with Gasteiger partial charge in [0, 0.05) is 6.04 Å². The lowest BCUT2D eigenvalue weighted by atomic mass is 10.1. The van der Waals surface area contributed by atoms with E-state index in [1.54, 1.807) is 6.92 Å². The maximum absolute atomic E-state index is 11.2. The molecule has 3 rings (SSSR count). The first-order valence-electron chi connectivity index (χ1n) is 6.86. The van der Waals surface area contributed by atoms with Crippen molar-refractivity contribution in [2.75, 3.05) is 10.7 Å². The van der Waals surface area contributed by atoms with Gasteiger partial charge in [-0.3, -0.25) is 15.5 Å². The van der Waals surface area contributed by atoms with E-state index in [0.29, 0.717) is 17.5 Å². The van der Waals surface area contributed by atoms with Gasteiger partial charge < -0.3 is 5.32 Å². The minimum atomic E-state index is -0.436. The molecule has 0 atom stereocenters. The quantitative estimate of drug-likeness (QED) is 0.410. The maximum atomic E-state index is 11.2. The van der Waals surface area contributed by atoms with Crippen molar-refractivity contribution in [2.24, 2.45) is 17.7 Å². The molecule has 0 unspecified atom stereocenters. The van der Waals surface area contributed by atoms with Crippen molar-refractivity contribution in [3.63, 3.8) is 0 Å². The summed E-state index contributed by atoms with van der Waals surface area (Å²) >= 11 is 0. The van der Waals surface area contributed by atoms with Crippen LogP contribution >= 0.6 is 0 Å². The fraction of sp³-hybridized carbons (Fsp3) is 0.667. The molecule has 2 aliphatic carbocycles. The highest BCUT2D eigenvalue weighted by Crippen LogP contribution is 2.46. The molecule has 108 valence electrons. The van der Waals surface area contributed by atoms with E-state index < -0.39 is 4.92 Å². The first kappa shape index (κ1) is 13.0. The molecule has 0 bridgehead atoms. The molecule has 1 aromatic rings. The first-order valence-corrected chi connectivity index (χ1v) is 6.86. The van der Waals surface area contributed by atoms with Crippen LogP contribution in [0, 0.1) is 28.9 Å². The van der Waals surface area contributed by atoms with E-state index in [0.717, 1.165) is 0 Å². The number of aryl methyl sites for hydroxylation is 1. The van der Waals surface area contributed by atoms with Crippen molar-refractivity contribution < 1.29 is 4.92 Å². The molecule has 0 radical (unpaired) electrons. The maximum Gasteiger partial charge on any atom is 0.332 e. The Kier molecular flexibility index (Phi) is 3.17. The van der Waals surface area contributed by atoms with Gasteiger partial charge in [0.15, 0.2) is 0 Å². The standard InChI is InChI=1S/C12H18N6O2/c1-6-10(18(19)20)11(16-12(14-6)17-13)15-9(7-2-3-7)8-4-5-8/h7-9H,2-5,13H2,1H3,(H2,14,15,16,17). The fourth-order valence-corrected chi connectivity index (χ4v) is 2.64. The van der Waals surface area contributed by atoms with E-state index in [-0.39, 0.29) is 23.5 Å². The van der Waals surface area contributed by atoms with Crippen LogP contribution in [0.15, 0.2) is 0 Å². The number of anilines is 2. The van der Waals surface area contributed by atoms with Crippen molar-refractivity contribution >= 4 is 17.5 Å². The van der Waals surface area contributed by atoms with Gasteiger partial charge in [0.1, 0.15) is 5.69 Å². The van der Waals surface area contributed by atoms with E-state index in [9.17, 15) is 10.1 Å². The molecular weight excluding hydrogens is 260 g/mol. The summed E-state index contributed by atoms with van der Waals surface area (Å²) in [4.78, 5) is 18.9. The molecule has 1 aromatic heterocycles. The summed E-state index contributed by atoms with van der Waals surface area (Å²) in [6.45, 7) is 1.59. The molecule has 8 heteroatoms. The smallest absolute Gasteiger partial charge is 0.332 e. The largest absolute Gasteiger partial charge is 0.361 e. The predicted molar refractivity (Wildman–Crippen MR) is 74.1 cm³/mol. The second kappa shape index (κ2) is 4.86. The number of rotatable bonds is 6. The van der Waals surface area contributed by atoms with Gasteiger partial charge in [-0.1, -0.05) is 0 Å². The van der Waals surface area contributed by atoms with Crippen LogP contribution in [-0.4, -0.2) is 20.9 Å². The van der Waals surface area contributed by atoms with Crippen LogP contribution in [0.4, 0.5) is 17.5 Å². The summed E-state index contributed by atoms with van der Waals surface area (Å²) in [6, 6.07) is 0.286. The summed E-state index contributed by atoms with van der Waals surface area (Å²) in [5.74, 6) is 7.02. The zero-order valence-corrected chi connectivity index (χ0v) is 11.3. The van der Waals surface area contributed by atoms with Crippen LogP contribution in [0.3, 0.4) is 0 Å². The Morgan fingerprint density at radius 1 is 1.30 bits per heavy atom. The first-order chi connectivity index (χ1) is 9.60. The monoisotopic (exact) mass is 278 g/mol. The Hall–Kier alpha value is -1.96. The average molecular weight is 278 g/mol. The van der Waals surface area contributed by atoms with Crippen molar-refractivity contribution in [3.05, 3.63) is 15.8 Å². The van der Waals surface area contributed by atoms with Gasteiger partial charge in [-0.2, -0.15) is 4.98 Å². The summed E-state index contributed by atoms with van der Waals surface area (Å²) in [6.07, 6.45) is 4.75. The third-order valence-electron chi connectivity index (χ3n) is 3.93. The number of hydrogen-bond acceptors (Lipinski definition) is 7. The van der Waals surface area contributed by atoms with Gasteiger partial charge >= 0.3 is 5.69 Å². The molecule has 0 saturated heterocycles. The summed E-state index contributed by atoms with van der Waals surface area (Å²) in [5.41, 5.74) is 2.60. The minimum absolute atomic E-state index is 0.0599. The highest BCUT2D eigenvalue weighted by atomic mass is 16.6. The molecule has 20 heavy (non-hydrogen) atoms. The number of nitrogens with zero attached hydrogens (tertiary/aromatic N) is 3. The number of nitrogens with two attached hydrogens (primary N) is 1. The lowest BCUT2D eigenvalue weighted by Gasteiger charge is -2.18. The number of nitro groups is 1. The molecule has 0 aliphatic heterocycles. The zero-order valence-electron chi connectivity index (χ0n) is 11.3. The number of hydrazine groups is 1. The van der Waals surface area contributed by atoms with E-state index in [4.69, 9.17) is 5.84 Å². The summed E-state index contributed by atoms with van der Waals surface area (Å²) in [7, 11) is 0. The van der Waals surface area contributed by atoms with Gasteiger partial charge in [0.05, 0.1) is 4.92 Å². The Morgan fingerprint density at radius 2 is 1.90 bits per heavy atom. The summed E-state index contributed by atoms with van der Waals surface area (Å²) in [5, 5.41) is 14.5. The Balaban J connectivity index is 1.93. The number of nitrogens with one attached hydrogen (secondary N) is 2. The molecular formula is C12H18N6O2. The molecule has 0 aromatic carbocycles. The molecule has 2 fully saturated rings. The molecule has 1 heterocycles. The second-order valence-electron chi connectivity index (χ2n) is 5.58. The lowest BCUT2D eigenvalue weighted by Crippen LogP contribution is -2.26. The summed E-state index contributed by atoms with van der Waals surface area (Å²) < 4.78 is 0. The molecule has 2 aliphatic rings. The number of nitrogen functional groups attached to an aromatic ring is 1. The molecule has 2 saturated carbocycles. The van der Waals surface area contributed by atoms with Crippen LogP contribution in [-0.2, 0) is 0 Å². The molecule has 0 spiro atoms. The average Bonchev–Trinajstić information content (AvgIpc) is 3.27. The van der Waals surface area contributed by atoms with Gasteiger partial charge in [0.25, 0.3) is 0 Å². The minimum Gasteiger partial charge on any atom is -0.361 e. The third-order valence-corrected chi connectivity index (χ3v) is 3.93. The SMILES string of the molecule is Cc1nc(NN)nc(NC(C2CC2)C2CC2)c1[N+](=O)[O-]. The van der Waals surface area contributed by atoms with Crippen LogP contribution < -0.4 is 16.6 Å². The number of hydrogen-bond donors (Lipinski definition) is 3. The van der Waals surface area contributed by atoms with Gasteiger partial charge in [-0.15, -0.1) is 0 Å². The lowest BCUT2D eigenvalue weighted by molar-refractivity contribution is -0.385. The molecule has 8 nitrogen and oxygen atoms in total. The predicted octanol–water partition coefficient (Wildman–Crippen LogP) is 1.58. The van der Waals surface area contributed by atoms with Crippen LogP contribution in [0.25, 0.3) is 0 Å². The Bertz CT molecular complexity index is 529. The zero-order chi connectivity index (χ0) is 14.3. The van der Waals surface area contributed by atoms with Crippen molar-refractivity contribution in [1.82, 2.24) is 9.97 Å². The Labute approximate surface area is 116 Å².